The topological polar surface area (TPSA) is 55.8 Å². The van der Waals surface area contributed by atoms with Crippen LogP contribution < -0.4 is 4.74 Å². The smallest absolute Gasteiger partial charge is 0.471 e. The van der Waals surface area contributed by atoms with Crippen LogP contribution in [0.5, 0.6) is 5.75 Å². The Kier molecular flexibility index (Phi) is 4.05. The van der Waals surface area contributed by atoms with Gasteiger partial charge in [-0.05, 0) is 40.8 Å². The maximum absolute atomic E-state index is 12.9. The summed E-state index contributed by atoms with van der Waals surface area (Å²) in [5, 5.41) is 8.78. The molecule has 0 bridgehead atoms. The molecule has 0 saturated carbocycles. The van der Waals surface area contributed by atoms with Crippen LogP contribution in [0.25, 0.3) is 6.08 Å². The Morgan fingerprint density at radius 2 is 2.10 bits per heavy atom. The Morgan fingerprint density at radius 3 is 2.65 bits per heavy atom. The van der Waals surface area contributed by atoms with Crippen molar-refractivity contribution >= 4 is 46.4 Å². The summed E-state index contributed by atoms with van der Waals surface area (Å²) in [4.78, 5) is 10.5. The molecule has 1 aromatic carbocycles. The van der Waals surface area contributed by atoms with Gasteiger partial charge in [0.25, 0.3) is 6.10 Å². The van der Waals surface area contributed by atoms with Crippen molar-refractivity contribution in [2.45, 2.75) is 12.3 Å². The number of benzene rings is 1. The number of halogens is 5. The second kappa shape index (κ2) is 5.32. The molecule has 20 heavy (non-hydrogen) atoms. The van der Waals surface area contributed by atoms with Crippen LogP contribution in [-0.2, 0) is 4.74 Å². The lowest BCUT2D eigenvalue weighted by Gasteiger charge is -2.28. The molecule has 1 aliphatic rings. The van der Waals surface area contributed by atoms with Gasteiger partial charge in [0, 0.05) is 10.6 Å². The van der Waals surface area contributed by atoms with Crippen molar-refractivity contribution in [3.8, 4) is 5.75 Å². The first-order chi connectivity index (χ1) is 9.18. The molecule has 1 N–H and O–H groups in total. The number of rotatable bonds is 1. The molecule has 1 aliphatic heterocycles. The van der Waals surface area contributed by atoms with Gasteiger partial charge in [-0.3, -0.25) is 0 Å². The number of fused-ring (bicyclic) bond motifs is 1. The van der Waals surface area contributed by atoms with E-state index in [4.69, 9.17) is 21.4 Å². The molecule has 1 heterocycles. The van der Waals surface area contributed by atoms with Gasteiger partial charge in [0.05, 0.1) is 3.57 Å². The molecule has 4 nitrogen and oxygen atoms in total. The van der Waals surface area contributed by atoms with Crippen LogP contribution >= 0.6 is 34.2 Å². The molecule has 0 aromatic heterocycles. The number of alkyl halides is 3. The fourth-order valence-corrected chi connectivity index (χ4v) is 2.81. The van der Waals surface area contributed by atoms with Crippen LogP contribution in [0.3, 0.4) is 0 Å². The average Bonchev–Trinajstić information content (AvgIpc) is 2.25. The first-order valence-corrected chi connectivity index (χ1v) is 6.49. The molecule has 0 saturated heterocycles. The summed E-state index contributed by atoms with van der Waals surface area (Å²) in [7, 11) is 0. The zero-order valence-corrected chi connectivity index (χ0v) is 12.3. The van der Waals surface area contributed by atoms with E-state index in [-0.39, 0.29) is 16.3 Å². The van der Waals surface area contributed by atoms with Crippen molar-refractivity contribution in [2.75, 3.05) is 0 Å². The summed E-state index contributed by atoms with van der Waals surface area (Å²) in [6, 6.07) is 2.79. The van der Waals surface area contributed by atoms with Crippen molar-refractivity contribution in [3.05, 3.63) is 32.0 Å². The minimum absolute atomic E-state index is 0.0185. The second-order valence-corrected chi connectivity index (χ2v) is 5.36. The van der Waals surface area contributed by atoms with Gasteiger partial charge >= 0.3 is 12.3 Å². The minimum Gasteiger partial charge on any atom is -0.471 e. The van der Waals surface area contributed by atoms with E-state index in [1.807, 2.05) is 0 Å². The number of carbonyl (C=O) groups is 1. The fourth-order valence-electron chi connectivity index (χ4n) is 1.63. The standard InChI is InChI=1S/C11H5ClF3IO4/c12-5-1-4-2-7(19-10(17)18)9(11(13,14)15)20-8(4)6(16)3-5/h1-3,9H,(H,17,18). The van der Waals surface area contributed by atoms with Crippen molar-refractivity contribution in [1.82, 2.24) is 0 Å². The quantitative estimate of drug-likeness (QED) is 0.544. The molecule has 1 unspecified atom stereocenters. The largest absolute Gasteiger partial charge is 0.511 e. The number of carboxylic acid groups (broad SMARTS) is 1. The van der Waals surface area contributed by atoms with E-state index in [1.54, 1.807) is 22.6 Å². The summed E-state index contributed by atoms with van der Waals surface area (Å²) in [6.07, 6.45) is -8.17. The summed E-state index contributed by atoms with van der Waals surface area (Å²) >= 11 is 7.57. The normalized spacial score (nSPS) is 17.9. The molecular formula is C11H5ClF3IO4. The Labute approximate surface area is 129 Å². The predicted octanol–water partition coefficient (Wildman–Crippen LogP) is 4.30. The van der Waals surface area contributed by atoms with Crippen LogP contribution in [-0.4, -0.2) is 23.5 Å². The Balaban J connectivity index is 2.53. The van der Waals surface area contributed by atoms with E-state index in [2.05, 4.69) is 4.74 Å². The van der Waals surface area contributed by atoms with Gasteiger partial charge in [0.1, 0.15) is 5.75 Å². The number of ether oxygens (including phenoxy) is 2. The lowest BCUT2D eigenvalue weighted by Crippen LogP contribution is -2.39. The van der Waals surface area contributed by atoms with Gasteiger partial charge in [0.2, 0.25) is 0 Å². The molecule has 2 rings (SSSR count). The van der Waals surface area contributed by atoms with Crippen LogP contribution in [0.15, 0.2) is 17.9 Å². The van der Waals surface area contributed by atoms with Gasteiger partial charge in [-0.1, -0.05) is 11.6 Å². The SMILES string of the molecule is O=C(O)OC1=Cc2cc(Cl)cc(I)c2OC1C(F)(F)F. The first-order valence-electron chi connectivity index (χ1n) is 5.03. The molecule has 0 fully saturated rings. The highest BCUT2D eigenvalue weighted by Gasteiger charge is 2.48. The van der Waals surface area contributed by atoms with Crippen LogP contribution in [0.4, 0.5) is 18.0 Å². The number of hydrogen-bond donors (Lipinski definition) is 1. The molecule has 1 aromatic rings. The summed E-state index contributed by atoms with van der Waals surface area (Å²) in [5.74, 6) is -0.870. The van der Waals surface area contributed by atoms with E-state index in [1.165, 1.54) is 12.1 Å². The highest BCUT2D eigenvalue weighted by atomic mass is 127. The third kappa shape index (κ3) is 3.11. The van der Waals surface area contributed by atoms with Gasteiger partial charge in [-0.15, -0.1) is 0 Å². The summed E-state index contributed by atoms with van der Waals surface area (Å²) in [5.41, 5.74) is 0.221. The number of hydrogen-bond acceptors (Lipinski definition) is 3. The third-order valence-electron chi connectivity index (χ3n) is 2.33. The molecule has 0 spiro atoms. The Hall–Kier alpha value is -1.16. The molecule has 108 valence electrons. The van der Waals surface area contributed by atoms with Gasteiger partial charge < -0.3 is 14.6 Å². The Bertz CT molecular complexity index is 600. The van der Waals surface area contributed by atoms with E-state index in [9.17, 15) is 18.0 Å². The molecule has 0 amide bonds. The molecular weight excluding hydrogens is 415 g/mol. The lowest BCUT2D eigenvalue weighted by atomic mass is 10.1. The summed E-state index contributed by atoms with van der Waals surface area (Å²) in [6.45, 7) is 0. The molecule has 1 atom stereocenters. The van der Waals surface area contributed by atoms with Crippen molar-refractivity contribution in [3.63, 3.8) is 0 Å². The van der Waals surface area contributed by atoms with Crippen molar-refractivity contribution in [1.29, 1.82) is 0 Å². The van der Waals surface area contributed by atoms with Crippen molar-refractivity contribution < 1.29 is 32.5 Å². The average molecular weight is 421 g/mol. The highest BCUT2D eigenvalue weighted by molar-refractivity contribution is 14.1. The second-order valence-electron chi connectivity index (χ2n) is 3.76. The highest BCUT2D eigenvalue weighted by Crippen LogP contribution is 2.41. The molecule has 9 heteroatoms. The summed E-state index contributed by atoms with van der Waals surface area (Å²) < 4.78 is 48.0. The predicted molar refractivity (Wildman–Crippen MR) is 71.7 cm³/mol. The van der Waals surface area contributed by atoms with Crippen LogP contribution in [0, 0.1) is 3.57 Å². The van der Waals surface area contributed by atoms with Gasteiger partial charge in [0.15, 0.2) is 5.76 Å². The van der Waals surface area contributed by atoms with Crippen LogP contribution in [0.2, 0.25) is 5.02 Å². The van der Waals surface area contributed by atoms with Crippen LogP contribution in [0.1, 0.15) is 5.56 Å². The molecule has 0 aliphatic carbocycles. The maximum Gasteiger partial charge on any atom is 0.511 e. The molecule has 0 radical (unpaired) electrons. The Morgan fingerprint density at radius 1 is 1.45 bits per heavy atom. The minimum atomic E-state index is -4.80. The third-order valence-corrected chi connectivity index (χ3v) is 3.35. The fraction of sp³-hybridized carbons (Fsp3) is 0.182. The monoisotopic (exact) mass is 420 g/mol. The van der Waals surface area contributed by atoms with E-state index in [0.29, 0.717) is 3.57 Å². The van der Waals surface area contributed by atoms with E-state index in [0.717, 1.165) is 6.08 Å². The maximum atomic E-state index is 12.9. The zero-order chi connectivity index (χ0) is 15.1. The van der Waals surface area contributed by atoms with Gasteiger partial charge in [-0.2, -0.15) is 13.2 Å². The zero-order valence-electron chi connectivity index (χ0n) is 9.37. The lowest BCUT2D eigenvalue weighted by molar-refractivity contribution is -0.191. The first kappa shape index (κ1) is 15.2. The van der Waals surface area contributed by atoms with E-state index >= 15 is 0 Å². The van der Waals surface area contributed by atoms with E-state index < -0.39 is 24.2 Å². The van der Waals surface area contributed by atoms with Gasteiger partial charge in [-0.25, -0.2) is 4.79 Å². The van der Waals surface area contributed by atoms with Crippen molar-refractivity contribution in [2.24, 2.45) is 0 Å².